The van der Waals surface area contributed by atoms with Crippen LogP contribution in [0, 0.1) is 12.3 Å². The van der Waals surface area contributed by atoms with E-state index in [1.54, 1.807) is 6.20 Å². The molecule has 3 N–H and O–H groups in total. The molecule has 0 amide bonds. The van der Waals surface area contributed by atoms with Gasteiger partial charge in [0.15, 0.2) is 11.9 Å². The quantitative estimate of drug-likeness (QED) is 0.626. The number of aliphatic hydroxyl groups excluding tert-OH is 3. The SMILES string of the molecule is C#Cc1cn([C@@H]2O[C@H](CO)[C@@H](O)[C@H]2O)c2ncnc(OC)c12. The number of aromatic nitrogens is 3. The third-order valence-electron chi connectivity index (χ3n) is 3.71. The van der Waals surface area contributed by atoms with Crippen molar-refractivity contribution in [1.29, 1.82) is 0 Å². The molecule has 116 valence electrons. The van der Waals surface area contributed by atoms with Crippen molar-refractivity contribution in [3.05, 3.63) is 18.1 Å². The Labute approximate surface area is 125 Å². The molecule has 8 heteroatoms. The second-order valence-corrected chi connectivity index (χ2v) is 4.90. The molecular weight excluding hydrogens is 290 g/mol. The zero-order valence-electron chi connectivity index (χ0n) is 11.7. The fourth-order valence-electron chi connectivity index (χ4n) is 2.62. The highest BCUT2D eigenvalue weighted by molar-refractivity contribution is 5.88. The summed E-state index contributed by atoms with van der Waals surface area (Å²) in [4.78, 5) is 8.16. The largest absolute Gasteiger partial charge is 0.480 e. The molecule has 3 heterocycles. The monoisotopic (exact) mass is 305 g/mol. The first kappa shape index (κ1) is 14.7. The Kier molecular flexibility index (Phi) is 3.72. The minimum Gasteiger partial charge on any atom is -0.480 e. The summed E-state index contributed by atoms with van der Waals surface area (Å²) in [6, 6.07) is 0. The molecule has 8 nitrogen and oxygen atoms in total. The van der Waals surface area contributed by atoms with Crippen LogP contribution in [-0.2, 0) is 4.74 Å². The van der Waals surface area contributed by atoms with Crippen LogP contribution >= 0.6 is 0 Å². The van der Waals surface area contributed by atoms with Gasteiger partial charge in [-0.15, -0.1) is 6.42 Å². The van der Waals surface area contributed by atoms with E-state index in [0.29, 0.717) is 22.5 Å². The molecular formula is C14H15N3O5. The zero-order chi connectivity index (χ0) is 15.9. The fourth-order valence-corrected chi connectivity index (χ4v) is 2.62. The Hall–Kier alpha value is -2.18. The first-order chi connectivity index (χ1) is 10.6. The maximum absolute atomic E-state index is 10.1. The average Bonchev–Trinajstić information content (AvgIpc) is 3.06. The van der Waals surface area contributed by atoms with Gasteiger partial charge in [0.25, 0.3) is 0 Å². The van der Waals surface area contributed by atoms with Crippen LogP contribution in [0.25, 0.3) is 11.0 Å². The number of aliphatic hydroxyl groups is 3. The predicted octanol–water partition coefficient (Wildman–Crippen LogP) is -0.967. The summed E-state index contributed by atoms with van der Waals surface area (Å²) in [6.45, 7) is -0.409. The molecule has 1 saturated heterocycles. The second-order valence-electron chi connectivity index (χ2n) is 4.90. The number of rotatable bonds is 3. The Morgan fingerprint density at radius 1 is 1.41 bits per heavy atom. The van der Waals surface area contributed by atoms with E-state index < -0.39 is 31.1 Å². The van der Waals surface area contributed by atoms with E-state index in [2.05, 4.69) is 15.9 Å². The summed E-state index contributed by atoms with van der Waals surface area (Å²) in [6.07, 6.45) is 4.15. The van der Waals surface area contributed by atoms with Gasteiger partial charge >= 0.3 is 0 Å². The molecule has 1 aliphatic rings. The smallest absolute Gasteiger partial charge is 0.227 e. The van der Waals surface area contributed by atoms with Crippen LogP contribution in [0.4, 0.5) is 0 Å². The first-order valence-corrected chi connectivity index (χ1v) is 6.61. The van der Waals surface area contributed by atoms with Gasteiger partial charge in [-0.2, -0.15) is 0 Å². The van der Waals surface area contributed by atoms with Gasteiger partial charge in [-0.05, 0) is 0 Å². The van der Waals surface area contributed by atoms with Crippen molar-refractivity contribution in [1.82, 2.24) is 14.5 Å². The maximum Gasteiger partial charge on any atom is 0.227 e. The van der Waals surface area contributed by atoms with Gasteiger partial charge in [-0.3, -0.25) is 0 Å². The van der Waals surface area contributed by atoms with Crippen LogP contribution in [-0.4, -0.2) is 61.9 Å². The molecule has 0 aromatic carbocycles. The summed E-state index contributed by atoms with van der Waals surface area (Å²) in [7, 11) is 1.46. The number of fused-ring (bicyclic) bond motifs is 1. The molecule has 22 heavy (non-hydrogen) atoms. The van der Waals surface area contributed by atoms with E-state index >= 15 is 0 Å². The number of hydrogen-bond acceptors (Lipinski definition) is 7. The number of hydrogen-bond donors (Lipinski definition) is 3. The molecule has 1 fully saturated rings. The highest BCUT2D eigenvalue weighted by atomic mass is 16.6. The van der Waals surface area contributed by atoms with Crippen molar-refractivity contribution >= 4 is 11.0 Å². The van der Waals surface area contributed by atoms with Crippen molar-refractivity contribution in [2.24, 2.45) is 0 Å². The number of nitrogens with zero attached hydrogens (tertiary/aromatic N) is 3. The standard InChI is InChI=1S/C14H15N3O5/c1-3-7-4-17(12-9(7)13(21-2)16-6-15-12)14-11(20)10(19)8(5-18)22-14/h1,4,6,8,10-11,14,18-20H,5H2,2H3/t8-,10-,11-,14-/m1/s1. The summed E-state index contributed by atoms with van der Waals surface area (Å²) < 4.78 is 12.2. The van der Waals surface area contributed by atoms with Crippen LogP contribution in [0.5, 0.6) is 5.88 Å². The van der Waals surface area contributed by atoms with Crippen molar-refractivity contribution in [3.8, 4) is 18.2 Å². The van der Waals surface area contributed by atoms with E-state index in [4.69, 9.17) is 15.9 Å². The van der Waals surface area contributed by atoms with E-state index in [1.165, 1.54) is 18.0 Å². The molecule has 0 saturated carbocycles. The molecule has 3 rings (SSSR count). The molecule has 2 aromatic heterocycles. The third-order valence-corrected chi connectivity index (χ3v) is 3.71. The number of methoxy groups -OCH3 is 1. The predicted molar refractivity (Wildman–Crippen MR) is 75.0 cm³/mol. The molecule has 0 bridgehead atoms. The lowest BCUT2D eigenvalue weighted by molar-refractivity contribution is -0.0508. The van der Waals surface area contributed by atoms with Crippen LogP contribution in [0.15, 0.2) is 12.5 Å². The van der Waals surface area contributed by atoms with E-state index in [0.717, 1.165) is 0 Å². The molecule has 2 aromatic rings. The average molecular weight is 305 g/mol. The number of terminal acetylenes is 1. The van der Waals surface area contributed by atoms with E-state index in [9.17, 15) is 15.3 Å². The lowest BCUT2D eigenvalue weighted by Gasteiger charge is -2.17. The topological polar surface area (TPSA) is 110 Å². The molecule has 0 unspecified atom stereocenters. The van der Waals surface area contributed by atoms with Crippen LogP contribution in [0.3, 0.4) is 0 Å². The number of ether oxygens (including phenoxy) is 2. The van der Waals surface area contributed by atoms with Crippen molar-refractivity contribution in [3.63, 3.8) is 0 Å². The van der Waals surface area contributed by atoms with E-state index in [1.807, 2.05) is 0 Å². The minimum atomic E-state index is -1.22. The van der Waals surface area contributed by atoms with Gasteiger partial charge in [-0.25, -0.2) is 9.97 Å². The summed E-state index contributed by atoms with van der Waals surface area (Å²) in [5, 5.41) is 29.7. The van der Waals surface area contributed by atoms with Crippen LogP contribution in [0.2, 0.25) is 0 Å². The Morgan fingerprint density at radius 3 is 2.77 bits per heavy atom. The molecule has 0 aliphatic carbocycles. The maximum atomic E-state index is 10.1. The fraction of sp³-hybridized carbons (Fsp3) is 0.429. The molecule has 0 radical (unpaired) electrons. The van der Waals surface area contributed by atoms with E-state index in [-0.39, 0.29) is 0 Å². The minimum absolute atomic E-state index is 0.309. The Balaban J connectivity index is 2.15. The van der Waals surface area contributed by atoms with Crippen LogP contribution < -0.4 is 4.74 Å². The second kappa shape index (κ2) is 5.55. The Bertz CT molecular complexity index is 738. The summed E-state index contributed by atoms with van der Waals surface area (Å²) >= 11 is 0. The lowest BCUT2D eigenvalue weighted by Crippen LogP contribution is -2.33. The molecule has 1 aliphatic heterocycles. The third kappa shape index (κ3) is 2.03. The molecule has 4 atom stereocenters. The van der Waals surface area contributed by atoms with Gasteiger partial charge in [0, 0.05) is 6.20 Å². The normalized spacial score (nSPS) is 28.0. The van der Waals surface area contributed by atoms with Gasteiger partial charge in [-0.1, -0.05) is 5.92 Å². The van der Waals surface area contributed by atoms with Crippen molar-refractivity contribution in [2.45, 2.75) is 24.5 Å². The van der Waals surface area contributed by atoms with Gasteiger partial charge in [0.05, 0.1) is 24.7 Å². The molecule has 0 spiro atoms. The van der Waals surface area contributed by atoms with Gasteiger partial charge in [0.1, 0.15) is 24.6 Å². The van der Waals surface area contributed by atoms with Crippen LogP contribution in [0.1, 0.15) is 11.8 Å². The first-order valence-electron chi connectivity index (χ1n) is 6.61. The summed E-state index contributed by atoms with van der Waals surface area (Å²) in [5.74, 6) is 2.82. The van der Waals surface area contributed by atoms with Gasteiger partial charge in [0.2, 0.25) is 5.88 Å². The van der Waals surface area contributed by atoms with Gasteiger partial charge < -0.3 is 29.4 Å². The van der Waals surface area contributed by atoms with Crippen molar-refractivity contribution in [2.75, 3.05) is 13.7 Å². The van der Waals surface area contributed by atoms with Crippen molar-refractivity contribution < 1.29 is 24.8 Å². The lowest BCUT2D eigenvalue weighted by atomic mass is 10.1. The Morgan fingerprint density at radius 2 is 2.18 bits per heavy atom. The zero-order valence-corrected chi connectivity index (χ0v) is 11.7. The highest BCUT2D eigenvalue weighted by Crippen LogP contribution is 2.35. The summed E-state index contributed by atoms with van der Waals surface area (Å²) in [5.41, 5.74) is 0.889. The highest BCUT2D eigenvalue weighted by Gasteiger charge is 2.44.